The molecule has 74 valence electrons. The van der Waals surface area contributed by atoms with Crippen LogP contribution >= 0.6 is 0 Å². The number of carbonyl (C=O) groups is 1. The van der Waals surface area contributed by atoms with Gasteiger partial charge in [-0.15, -0.1) is 6.58 Å². The van der Waals surface area contributed by atoms with Crippen LogP contribution in [-0.2, 0) is 0 Å². The van der Waals surface area contributed by atoms with Crippen molar-refractivity contribution >= 4 is 6.03 Å². The van der Waals surface area contributed by atoms with E-state index in [9.17, 15) is 4.79 Å². The summed E-state index contributed by atoms with van der Waals surface area (Å²) >= 11 is 0. The van der Waals surface area contributed by atoms with Gasteiger partial charge in [0.1, 0.15) is 0 Å². The number of carbonyl (C=O) groups excluding carboxylic acids is 1. The molecule has 0 aromatic carbocycles. The van der Waals surface area contributed by atoms with Crippen LogP contribution < -0.4 is 5.32 Å². The lowest BCUT2D eigenvalue weighted by Gasteiger charge is -2.19. The van der Waals surface area contributed by atoms with Gasteiger partial charge in [0.25, 0.3) is 0 Å². The second kappa shape index (κ2) is 4.90. The largest absolute Gasteiger partial charge is 0.335 e. The lowest BCUT2D eigenvalue weighted by atomic mass is 10.2. The number of hydrogen-bond donors (Lipinski definition) is 1. The molecule has 1 aliphatic carbocycles. The second-order valence-corrected chi connectivity index (χ2v) is 3.60. The summed E-state index contributed by atoms with van der Waals surface area (Å²) in [5, 5.41) is 3.00. The third-order valence-electron chi connectivity index (χ3n) is 2.43. The van der Waals surface area contributed by atoms with Crippen LogP contribution in [0.25, 0.3) is 0 Å². The van der Waals surface area contributed by atoms with Gasteiger partial charge in [-0.3, -0.25) is 0 Å². The fourth-order valence-electron chi connectivity index (χ4n) is 1.63. The zero-order chi connectivity index (χ0) is 9.68. The number of likely N-dealkylation sites (N-methyl/N-ethyl adjacent to an activating group) is 1. The minimum Gasteiger partial charge on any atom is -0.335 e. The molecule has 0 heterocycles. The number of nitrogens with one attached hydrogen (secondary N) is 1. The van der Waals surface area contributed by atoms with Crippen LogP contribution in [0.2, 0.25) is 0 Å². The lowest BCUT2D eigenvalue weighted by molar-refractivity contribution is 0.209. The predicted molar refractivity (Wildman–Crippen MR) is 53.6 cm³/mol. The average Bonchev–Trinajstić information content (AvgIpc) is 2.57. The summed E-state index contributed by atoms with van der Waals surface area (Å²) in [6.45, 7) is 4.20. The summed E-state index contributed by atoms with van der Waals surface area (Å²) in [6.07, 6.45) is 6.49. The highest BCUT2D eigenvalue weighted by molar-refractivity contribution is 5.74. The van der Waals surface area contributed by atoms with E-state index in [-0.39, 0.29) is 6.03 Å². The molecule has 0 atom stereocenters. The van der Waals surface area contributed by atoms with Crippen molar-refractivity contribution < 1.29 is 4.79 Å². The Morgan fingerprint density at radius 1 is 1.62 bits per heavy atom. The van der Waals surface area contributed by atoms with Crippen molar-refractivity contribution in [1.82, 2.24) is 10.2 Å². The summed E-state index contributed by atoms with van der Waals surface area (Å²) in [5.74, 6) is 0. The Balaban J connectivity index is 2.26. The van der Waals surface area contributed by atoms with Crippen LogP contribution in [0, 0.1) is 0 Å². The Labute approximate surface area is 79.8 Å². The molecule has 0 aliphatic heterocycles. The molecule has 1 saturated carbocycles. The third-order valence-corrected chi connectivity index (χ3v) is 2.43. The first-order valence-electron chi connectivity index (χ1n) is 4.86. The smallest absolute Gasteiger partial charge is 0.317 e. The molecule has 0 aromatic rings. The van der Waals surface area contributed by atoms with Crippen molar-refractivity contribution in [2.75, 3.05) is 13.6 Å². The topological polar surface area (TPSA) is 32.3 Å². The van der Waals surface area contributed by atoms with Crippen molar-refractivity contribution in [1.29, 1.82) is 0 Å². The maximum Gasteiger partial charge on any atom is 0.317 e. The van der Waals surface area contributed by atoms with Crippen LogP contribution in [-0.4, -0.2) is 30.6 Å². The van der Waals surface area contributed by atoms with Gasteiger partial charge in [0.05, 0.1) is 0 Å². The van der Waals surface area contributed by atoms with E-state index >= 15 is 0 Å². The molecule has 1 N–H and O–H groups in total. The number of urea groups is 1. The van der Waals surface area contributed by atoms with Crippen molar-refractivity contribution in [2.45, 2.75) is 31.7 Å². The van der Waals surface area contributed by atoms with Gasteiger partial charge in [-0.25, -0.2) is 4.79 Å². The zero-order valence-corrected chi connectivity index (χ0v) is 8.25. The van der Waals surface area contributed by atoms with E-state index < -0.39 is 0 Å². The highest BCUT2D eigenvalue weighted by atomic mass is 16.2. The first kappa shape index (κ1) is 10.1. The Bertz CT molecular complexity index is 185. The minimum atomic E-state index is 0.0202. The molecule has 1 aliphatic rings. The van der Waals surface area contributed by atoms with Crippen LogP contribution in [0.1, 0.15) is 25.7 Å². The Morgan fingerprint density at radius 2 is 2.23 bits per heavy atom. The van der Waals surface area contributed by atoms with Crippen LogP contribution in [0.4, 0.5) is 4.79 Å². The fraction of sp³-hybridized carbons (Fsp3) is 0.700. The zero-order valence-electron chi connectivity index (χ0n) is 8.25. The monoisotopic (exact) mass is 182 g/mol. The van der Waals surface area contributed by atoms with Crippen LogP contribution in [0.3, 0.4) is 0 Å². The molecule has 3 nitrogen and oxygen atoms in total. The van der Waals surface area contributed by atoms with Gasteiger partial charge >= 0.3 is 6.03 Å². The standard InChI is InChI=1S/C10H18N2O/c1-3-8-12(2)10(13)11-9-6-4-5-7-9/h3,9H,1,4-8H2,2H3,(H,11,13). The number of nitrogens with zero attached hydrogens (tertiary/aromatic N) is 1. The molecule has 1 rings (SSSR count). The Hall–Kier alpha value is -0.990. The highest BCUT2D eigenvalue weighted by Gasteiger charge is 2.18. The quantitative estimate of drug-likeness (QED) is 0.663. The van der Waals surface area contributed by atoms with E-state index in [1.54, 1.807) is 18.0 Å². The van der Waals surface area contributed by atoms with E-state index in [1.807, 2.05) is 0 Å². The Morgan fingerprint density at radius 3 is 2.77 bits per heavy atom. The Kier molecular flexibility index (Phi) is 3.80. The average molecular weight is 182 g/mol. The van der Waals surface area contributed by atoms with Gasteiger partial charge in [-0.1, -0.05) is 18.9 Å². The van der Waals surface area contributed by atoms with Gasteiger partial charge in [0, 0.05) is 19.6 Å². The summed E-state index contributed by atoms with van der Waals surface area (Å²) in [5.41, 5.74) is 0. The first-order valence-corrected chi connectivity index (χ1v) is 4.86. The molecule has 0 bridgehead atoms. The van der Waals surface area contributed by atoms with Crippen LogP contribution in [0.5, 0.6) is 0 Å². The molecule has 0 saturated heterocycles. The summed E-state index contributed by atoms with van der Waals surface area (Å²) < 4.78 is 0. The number of amides is 2. The predicted octanol–water partition coefficient (Wildman–Crippen LogP) is 1.76. The van der Waals surface area contributed by atoms with Gasteiger partial charge < -0.3 is 10.2 Å². The summed E-state index contributed by atoms with van der Waals surface area (Å²) in [6, 6.07) is 0.423. The molecule has 0 spiro atoms. The van der Waals surface area contributed by atoms with E-state index in [1.165, 1.54) is 12.8 Å². The fourth-order valence-corrected chi connectivity index (χ4v) is 1.63. The molecule has 2 amide bonds. The van der Waals surface area contributed by atoms with E-state index in [0.717, 1.165) is 12.8 Å². The molecule has 1 fully saturated rings. The number of hydrogen-bond acceptors (Lipinski definition) is 1. The molecular weight excluding hydrogens is 164 g/mol. The maximum absolute atomic E-state index is 11.5. The molecule has 13 heavy (non-hydrogen) atoms. The summed E-state index contributed by atoms with van der Waals surface area (Å²) in [7, 11) is 1.78. The molecule has 0 unspecified atom stereocenters. The molecule has 3 heteroatoms. The highest BCUT2D eigenvalue weighted by Crippen LogP contribution is 2.17. The molecular formula is C10H18N2O. The van der Waals surface area contributed by atoms with Gasteiger partial charge in [0.15, 0.2) is 0 Å². The second-order valence-electron chi connectivity index (χ2n) is 3.60. The SMILES string of the molecule is C=CCN(C)C(=O)NC1CCCC1. The molecule has 0 aromatic heterocycles. The van der Waals surface area contributed by atoms with Gasteiger partial charge in [0.2, 0.25) is 0 Å². The van der Waals surface area contributed by atoms with Gasteiger partial charge in [-0.2, -0.15) is 0 Å². The third kappa shape index (κ3) is 3.09. The maximum atomic E-state index is 11.5. The van der Waals surface area contributed by atoms with E-state index in [2.05, 4.69) is 11.9 Å². The lowest BCUT2D eigenvalue weighted by Crippen LogP contribution is -2.41. The van der Waals surface area contributed by atoms with Crippen molar-refractivity contribution in [3.8, 4) is 0 Å². The molecule has 0 radical (unpaired) electrons. The van der Waals surface area contributed by atoms with Gasteiger partial charge in [-0.05, 0) is 12.8 Å². The van der Waals surface area contributed by atoms with Crippen molar-refractivity contribution in [3.05, 3.63) is 12.7 Å². The first-order chi connectivity index (χ1) is 6.24. The van der Waals surface area contributed by atoms with E-state index in [0.29, 0.717) is 12.6 Å². The van der Waals surface area contributed by atoms with Crippen molar-refractivity contribution in [3.63, 3.8) is 0 Å². The van der Waals surface area contributed by atoms with Crippen molar-refractivity contribution in [2.24, 2.45) is 0 Å². The van der Waals surface area contributed by atoms with Crippen LogP contribution in [0.15, 0.2) is 12.7 Å². The summed E-state index contributed by atoms with van der Waals surface area (Å²) in [4.78, 5) is 13.1. The number of rotatable bonds is 3. The normalized spacial score (nSPS) is 17.0. The minimum absolute atomic E-state index is 0.0202. The van der Waals surface area contributed by atoms with E-state index in [4.69, 9.17) is 0 Å².